The predicted molar refractivity (Wildman–Crippen MR) is 82.9 cm³/mol. The Bertz CT molecular complexity index is 302. The fourth-order valence-corrected chi connectivity index (χ4v) is 2.45. The van der Waals surface area contributed by atoms with Gasteiger partial charge in [0.15, 0.2) is 0 Å². The molecule has 4 nitrogen and oxygen atoms in total. The average Bonchev–Trinajstić information content (AvgIpc) is 2.28. The van der Waals surface area contributed by atoms with Crippen molar-refractivity contribution in [3.63, 3.8) is 0 Å². The second-order valence-corrected chi connectivity index (χ2v) is 7.04. The normalized spacial score (nSPS) is 16.6. The van der Waals surface area contributed by atoms with E-state index in [1.54, 1.807) is 0 Å². The largest absolute Gasteiger partial charge is 0.444 e. The molecule has 1 rings (SSSR count). The third-order valence-electron chi connectivity index (χ3n) is 4.24. The lowest BCUT2D eigenvalue weighted by Crippen LogP contribution is -2.55. The Hall–Kier alpha value is -0.770. The third-order valence-corrected chi connectivity index (χ3v) is 4.24. The molecule has 4 heteroatoms. The first-order valence-corrected chi connectivity index (χ1v) is 8.02. The molecule has 1 fully saturated rings. The highest BCUT2D eigenvalue weighted by atomic mass is 16.6. The molecule has 1 aliphatic rings. The van der Waals surface area contributed by atoms with Gasteiger partial charge < -0.3 is 15.4 Å². The molecule has 1 amide bonds. The van der Waals surface area contributed by atoms with E-state index in [0.717, 1.165) is 31.8 Å². The Morgan fingerprint density at radius 3 is 2.20 bits per heavy atom. The Morgan fingerprint density at radius 2 is 1.80 bits per heavy atom. The number of ether oxygens (including phenoxy) is 1. The van der Waals surface area contributed by atoms with Crippen LogP contribution in [-0.2, 0) is 4.74 Å². The molecule has 0 bridgehead atoms. The van der Waals surface area contributed by atoms with E-state index in [0.29, 0.717) is 0 Å². The number of hydrogen-bond acceptors (Lipinski definition) is 3. The first kappa shape index (κ1) is 17.3. The first-order valence-electron chi connectivity index (χ1n) is 8.02. The number of nitrogens with one attached hydrogen (secondary N) is 2. The van der Waals surface area contributed by atoms with Gasteiger partial charge in [-0.2, -0.15) is 0 Å². The SMILES string of the molecule is CCC(CC)(CNCC1CCC1)NC(=O)OC(C)(C)C. The molecule has 0 aliphatic heterocycles. The maximum Gasteiger partial charge on any atom is 0.408 e. The monoisotopic (exact) mass is 284 g/mol. The van der Waals surface area contributed by atoms with Gasteiger partial charge in [0.2, 0.25) is 0 Å². The van der Waals surface area contributed by atoms with Gasteiger partial charge in [0.25, 0.3) is 0 Å². The molecule has 1 aliphatic carbocycles. The van der Waals surface area contributed by atoms with E-state index < -0.39 is 5.60 Å². The fourth-order valence-electron chi connectivity index (χ4n) is 2.45. The first-order chi connectivity index (χ1) is 9.30. The molecular weight excluding hydrogens is 252 g/mol. The molecular formula is C16H32N2O2. The third kappa shape index (κ3) is 5.70. The zero-order valence-electron chi connectivity index (χ0n) is 13.8. The molecule has 2 N–H and O–H groups in total. The van der Waals surface area contributed by atoms with Crippen molar-refractivity contribution in [2.75, 3.05) is 13.1 Å². The summed E-state index contributed by atoms with van der Waals surface area (Å²) < 4.78 is 5.38. The highest BCUT2D eigenvalue weighted by molar-refractivity contribution is 5.68. The van der Waals surface area contributed by atoms with Gasteiger partial charge in [-0.15, -0.1) is 0 Å². The molecule has 0 heterocycles. The number of rotatable bonds is 7. The van der Waals surface area contributed by atoms with Crippen LogP contribution in [0.15, 0.2) is 0 Å². The van der Waals surface area contributed by atoms with Crippen molar-refractivity contribution in [2.45, 2.75) is 77.9 Å². The summed E-state index contributed by atoms with van der Waals surface area (Å²) >= 11 is 0. The second kappa shape index (κ2) is 7.30. The van der Waals surface area contributed by atoms with Crippen molar-refractivity contribution in [2.24, 2.45) is 5.92 Å². The topological polar surface area (TPSA) is 50.4 Å². The van der Waals surface area contributed by atoms with E-state index in [2.05, 4.69) is 24.5 Å². The summed E-state index contributed by atoms with van der Waals surface area (Å²) in [4.78, 5) is 12.0. The average molecular weight is 284 g/mol. The van der Waals surface area contributed by atoms with Gasteiger partial charge in [0, 0.05) is 6.54 Å². The van der Waals surface area contributed by atoms with Crippen molar-refractivity contribution in [1.29, 1.82) is 0 Å². The van der Waals surface area contributed by atoms with E-state index in [-0.39, 0.29) is 11.6 Å². The van der Waals surface area contributed by atoms with Crippen LogP contribution in [0.5, 0.6) is 0 Å². The highest BCUT2D eigenvalue weighted by Crippen LogP contribution is 2.25. The van der Waals surface area contributed by atoms with Crippen LogP contribution in [0.4, 0.5) is 4.79 Å². The number of amides is 1. The van der Waals surface area contributed by atoms with E-state index in [9.17, 15) is 4.79 Å². The summed E-state index contributed by atoms with van der Waals surface area (Å²) in [6, 6.07) is 0. The van der Waals surface area contributed by atoms with Gasteiger partial charge in [-0.1, -0.05) is 20.3 Å². The van der Waals surface area contributed by atoms with E-state index >= 15 is 0 Å². The van der Waals surface area contributed by atoms with Gasteiger partial charge in [0.1, 0.15) is 5.60 Å². The van der Waals surface area contributed by atoms with Crippen molar-refractivity contribution < 1.29 is 9.53 Å². The van der Waals surface area contributed by atoms with E-state index in [1.807, 2.05) is 20.8 Å². The van der Waals surface area contributed by atoms with E-state index in [4.69, 9.17) is 4.74 Å². The molecule has 0 saturated heterocycles. The summed E-state index contributed by atoms with van der Waals surface area (Å²) in [5.41, 5.74) is -0.650. The minimum atomic E-state index is -0.448. The zero-order valence-corrected chi connectivity index (χ0v) is 13.8. The molecule has 0 atom stereocenters. The van der Waals surface area contributed by atoms with Crippen molar-refractivity contribution in [3.8, 4) is 0 Å². The van der Waals surface area contributed by atoms with E-state index in [1.165, 1.54) is 19.3 Å². The minimum absolute atomic E-state index is 0.202. The van der Waals surface area contributed by atoms with Crippen molar-refractivity contribution in [1.82, 2.24) is 10.6 Å². The molecule has 0 aromatic heterocycles. The van der Waals surface area contributed by atoms with Crippen LogP contribution in [0.2, 0.25) is 0 Å². The van der Waals surface area contributed by atoms with Crippen LogP contribution in [0.3, 0.4) is 0 Å². The van der Waals surface area contributed by atoms with Gasteiger partial charge in [0.05, 0.1) is 5.54 Å². The van der Waals surface area contributed by atoms with Crippen LogP contribution in [0.25, 0.3) is 0 Å². The Kier molecular flexibility index (Phi) is 6.31. The predicted octanol–water partition coefficient (Wildman–Crippen LogP) is 3.46. The van der Waals surface area contributed by atoms with Gasteiger partial charge >= 0.3 is 6.09 Å². The zero-order chi connectivity index (χ0) is 15.2. The van der Waals surface area contributed by atoms with Crippen LogP contribution < -0.4 is 10.6 Å². The van der Waals surface area contributed by atoms with Crippen LogP contribution in [0.1, 0.15) is 66.7 Å². The summed E-state index contributed by atoms with van der Waals surface area (Å²) in [6.07, 6.45) is 5.55. The van der Waals surface area contributed by atoms with Crippen molar-refractivity contribution in [3.05, 3.63) is 0 Å². The number of carbonyl (C=O) groups is 1. The molecule has 0 radical (unpaired) electrons. The Morgan fingerprint density at radius 1 is 1.20 bits per heavy atom. The van der Waals surface area contributed by atoms with Gasteiger partial charge in [-0.3, -0.25) is 0 Å². The van der Waals surface area contributed by atoms with Crippen molar-refractivity contribution >= 4 is 6.09 Å². The highest BCUT2D eigenvalue weighted by Gasteiger charge is 2.30. The lowest BCUT2D eigenvalue weighted by Gasteiger charge is -2.35. The summed E-state index contributed by atoms with van der Waals surface area (Å²) in [5.74, 6) is 0.836. The molecule has 0 aromatic rings. The molecule has 1 saturated carbocycles. The summed E-state index contributed by atoms with van der Waals surface area (Å²) in [6.45, 7) is 11.8. The fraction of sp³-hybridized carbons (Fsp3) is 0.938. The number of carbonyl (C=O) groups excluding carboxylic acids is 1. The number of alkyl carbamates (subject to hydrolysis) is 1. The van der Waals surface area contributed by atoms with Crippen LogP contribution in [0, 0.1) is 5.92 Å². The lowest BCUT2D eigenvalue weighted by atomic mass is 9.85. The molecule has 0 unspecified atom stereocenters. The quantitative estimate of drug-likeness (QED) is 0.752. The summed E-state index contributed by atoms with van der Waals surface area (Å²) in [5, 5.41) is 6.60. The summed E-state index contributed by atoms with van der Waals surface area (Å²) in [7, 11) is 0. The van der Waals surface area contributed by atoms with Crippen LogP contribution >= 0.6 is 0 Å². The Labute approximate surface area is 124 Å². The number of hydrogen-bond donors (Lipinski definition) is 2. The maximum atomic E-state index is 12.0. The smallest absolute Gasteiger partial charge is 0.408 e. The van der Waals surface area contributed by atoms with Crippen LogP contribution in [-0.4, -0.2) is 30.3 Å². The minimum Gasteiger partial charge on any atom is -0.444 e. The molecule has 118 valence electrons. The maximum absolute atomic E-state index is 12.0. The van der Waals surface area contributed by atoms with Gasteiger partial charge in [-0.25, -0.2) is 4.79 Å². The Balaban J connectivity index is 2.44. The second-order valence-electron chi connectivity index (χ2n) is 7.04. The molecule has 20 heavy (non-hydrogen) atoms. The molecule has 0 spiro atoms. The molecule has 0 aromatic carbocycles. The van der Waals surface area contributed by atoms with Gasteiger partial charge in [-0.05, 0) is 58.9 Å². The lowest BCUT2D eigenvalue weighted by molar-refractivity contribution is 0.0445. The standard InChI is InChI=1S/C16H32N2O2/c1-6-16(7-2,12-17-11-13-9-8-10-13)18-14(19)20-15(3,4)5/h13,17H,6-12H2,1-5H3,(H,18,19).